The summed E-state index contributed by atoms with van der Waals surface area (Å²) in [5.41, 5.74) is 8.59. The Morgan fingerprint density at radius 1 is 1.00 bits per heavy atom. The normalized spacial score (nSPS) is 15.8. The number of alkyl carbamates (subject to hydrolysis) is 1. The van der Waals surface area contributed by atoms with Crippen LogP contribution in [0.15, 0.2) is 71.6 Å². The molecule has 2 aromatic carbocycles. The predicted octanol–water partition coefficient (Wildman–Crippen LogP) is 9.04. The molecule has 3 atom stereocenters. The van der Waals surface area contributed by atoms with Crippen LogP contribution in [0.4, 0.5) is 4.79 Å². The highest BCUT2D eigenvalue weighted by atomic mass is 32.1. The average Bonchev–Trinajstić information content (AvgIpc) is 4.02. The average molecular weight is 778 g/mol. The predicted molar refractivity (Wildman–Crippen MR) is 221 cm³/mol. The van der Waals surface area contributed by atoms with E-state index in [2.05, 4.69) is 93.7 Å². The van der Waals surface area contributed by atoms with E-state index in [9.17, 15) is 14.4 Å². The molecule has 0 radical (unpaired) electrons. The van der Waals surface area contributed by atoms with Gasteiger partial charge in [0.2, 0.25) is 12.3 Å². The number of H-pyrrole nitrogens is 2. The molecular weight excluding hydrogens is 731 g/mol. The standard InChI is InChI=1S/C42H47N7O4S2/c1-24(2)18-29(8-6-16-43-23-50)39-45-32-15-14-28(19-33(32)46-39)31-22-55-37-30(21-54-38(31)37)26-10-12-27(13-11-26)34-20-44-40(47-34)35-9-7-17-49(35)41(51)36(25(3)4)48-42(52)53-5/h6,8,10-15,19-25,29,35-36H,7,9,16-18H2,1-5H3,(H,43,50)(H,44,47)(H,45,46)(H,48,52)/b8-6-. The molecule has 3 amide bonds. The summed E-state index contributed by atoms with van der Waals surface area (Å²) in [6, 6.07) is 14.1. The van der Waals surface area contributed by atoms with Crippen LogP contribution < -0.4 is 10.6 Å². The molecule has 13 heteroatoms. The first-order valence-electron chi connectivity index (χ1n) is 18.8. The van der Waals surface area contributed by atoms with Crippen LogP contribution in [0.1, 0.15) is 70.6 Å². The quantitative estimate of drug-likeness (QED) is 0.0494. The van der Waals surface area contributed by atoms with Gasteiger partial charge in [-0.05, 0) is 59.9 Å². The lowest BCUT2D eigenvalue weighted by Crippen LogP contribution is -2.51. The van der Waals surface area contributed by atoms with Crippen molar-refractivity contribution < 1.29 is 19.1 Å². The highest BCUT2D eigenvalue weighted by Gasteiger charge is 2.37. The summed E-state index contributed by atoms with van der Waals surface area (Å²) < 4.78 is 7.30. The zero-order valence-electron chi connectivity index (χ0n) is 31.7. The van der Waals surface area contributed by atoms with Crippen LogP contribution in [0, 0.1) is 11.8 Å². The first kappa shape index (κ1) is 38.0. The number of thiophene rings is 2. The summed E-state index contributed by atoms with van der Waals surface area (Å²) in [7, 11) is 1.30. The number of rotatable bonds is 14. The zero-order valence-corrected chi connectivity index (χ0v) is 33.4. The van der Waals surface area contributed by atoms with Crippen molar-refractivity contribution in [2.75, 3.05) is 20.2 Å². The zero-order chi connectivity index (χ0) is 38.6. The van der Waals surface area contributed by atoms with Crippen LogP contribution >= 0.6 is 22.7 Å². The van der Waals surface area contributed by atoms with E-state index in [1.165, 1.54) is 27.6 Å². The molecule has 5 heterocycles. The van der Waals surface area contributed by atoms with Crippen molar-refractivity contribution in [1.29, 1.82) is 0 Å². The molecule has 1 fully saturated rings. The van der Waals surface area contributed by atoms with Crippen molar-refractivity contribution in [3.63, 3.8) is 0 Å². The Kier molecular flexibility index (Phi) is 11.5. The minimum absolute atomic E-state index is 0.0928. The van der Waals surface area contributed by atoms with Gasteiger partial charge in [-0.2, -0.15) is 0 Å². The Hall–Kier alpha value is -5.27. The number of aromatic nitrogens is 4. The highest BCUT2D eigenvalue weighted by molar-refractivity contribution is 7.27. The fourth-order valence-electron chi connectivity index (χ4n) is 7.40. The summed E-state index contributed by atoms with van der Waals surface area (Å²) >= 11 is 3.53. The Morgan fingerprint density at radius 2 is 1.71 bits per heavy atom. The number of methoxy groups -OCH3 is 1. The van der Waals surface area contributed by atoms with E-state index >= 15 is 0 Å². The number of nitrogens with zero attached hydrogens (tertiary/aromatic N) is 3. The maximum atomic E-state index is 13.6. The molecular formula is C42H47N7O4S2. The smallest absolute Gasteiger partial charge is 0.407 e. The molecule has 0 spiro atoms. The van der Waals surface area contributed by atoms with Gasteiger partial charge in [-0.25, -0.2) is 14.8 Å². The van der Waals surface area contributed by atoms with Crippen molar-refractivity contribution in [3.05, 3.63) is 83.2 Å². The van der Waals surface area contributed by atoms with E-state index in [0.717, 1.165) is 64.3 Å². The third-order valence-electron chi connectivity index (χ3n) is 10.2. The fraction of sp³-hybridized carbons (Fsp3) is 0.357. The number of ether oxygens (including phenoxy) is 1. The third kappa shape index (κ3) is 8.08. The molecule has 3 unspecified atom stereocenters. The van der Waals surface area contributed by atoms with Gasteiger partial charge in [0.05, 0.1) is 45.5 Å². The lowest BCUT2D eigenvalue weighted by molar-refractivity contribution is -0.135. The van der Waals surface area contributed by atoms with Crippen LogP contribution in [0.25, 0.3) is 53.9 Å². The van der Waals surface area contributed by atoms with Gasteiger partial charge in [-0.15, -0.1) is 22.7 Å². The summed E-state index contributed by atoms with van der Waals surface area (Å²) in [5.74, 6) is 2.09. The lowest BCUT2D eigenvalue weighted by Gasteiger charge is -2.30. The van der Waals surface area contributed by atoms with Crippen LogP contribution in [-0.4, -0.2) is 69.5 Å². The molecule has 4 N–H and O–H groups in total. The maximum absolute atomic E-state index is 13.6. The third-order valence-corrected chi connectivity index (χ3v) is 12.4. The van der Waals surface area contributed by atoms with Crippen LogP contribution in [0.3, 0.4) is 0 Å². The number of nitrogens with one attached hydrogen (secondary N) is 4. The first-order valence-corrected chi connectivity index (χ1v) is 20.5. The van der Waals surface area contributed by atoms with Crippen LogP contribution in [0.2, 0.25) is 0 Å². The van der Waals surface area contributed by atoms with E-state index in [1.807, 2.05) is 31.0 Å². The Bertz CT molecular complexity index is 2320. The summed E-state index contributed by atoms with van der Waals surface area (Å²) in [4.78, 5) is 54.8. The SMILES string of the molecule is COC(=O)NC(C(=O)N1CCCC1c1ncc(-c2ccc(-c3csc4c(-c5ccc6nc(C(/C=C\CNC=O)CC(C)C)[nH]c6c5)csc34)cc2)[nH]1)C(C)C. The number of amides is 3. The lowest BCUT2D eigenvalue weighted by atomic mass is 9.96. The van der Waals surface area contributed by atoms with Gasteiger partial charge in [0.15, 0.2) is 0 Å². The maximum Gasteiger partial charge on any atom is 0.407 e. The molecule has 11 nitrogen and oxygen atoms in total. The van der Waals surface area contributed by atoms with Gasteiger partial charge < -0.3 is 30.2 Å². The Balaban J connectivity index is 1.08. The molecule has 1 aliphatic heterocycles. The highest BCUT2D eigenvalue weighted by Crippen LogP contribution is 2.45. The number of hydrogen-bond acceptors (Lipinski definition) is 8. The van der Waals surface area contributed by atoms with Crippen LogP contribution in [-0.2, 0) is 14.3 Å². The molecule has 7 rings (SSSR count). The van der Waals surface area contributed by atoms with E-state index < -0.39 is 12.1 Å². The minimum Gasteiger partial charge on any atom is -0.453 e. The number of imidazole rings is 2. The van der Waals surface area contributed by atoms with Crippen molar-refractivity contribution in [2.24, 2.45) is 11.8 Å². The summed E-state index contributed by atoms with van der Waals surface area (Å²) in [5, 5.41) is 9.90. The molecule has 0 aliphatic carbocycles. The van der Waals surface area contributed by atoms with E-state index in [4.69, 9.17) is 14.7 Å². The topological polar surface area (TPSA) is 145 Å². The number of aromatic amines is 2. The molecule has 0 saturated carbocycles. The molecule has 1 aliphatic rings. The largest absolute Gasteiger partial charge is 0.453 e. The second kappa shape index (κ2) is 16.6. The van der Waals surface area contributed by atoms with E-state index in [-0.39, 0.29) is 23.8 Å². The number of allylic oxidation sites excluding steroid dienone is 1. The second-order valence-electron chi connectivity index (χ2n) is 14.8. The van der Waals surface area contributed by atoms with Gasteiger partial charge >= 0.3 is 6.09 Å². The van der Waals surface area contributed by atoms with Gasteiger partial charge in [0.1, 0.15) is 17.7 Å². The molecule has 55 heavy (non-hydrogen) atoms. The van der Waals surface area contributed by atoms with Crippen LogP contribution in [0.5, 0.6) is 0 Å². The first-order chi connectivity index (χ1) is 26.6. The molecule has 1 saturated heterocycles. The minimum atomic E-state index is -0.675. The Labute approximate surface area is 328 Å². The monoisotopic (exact) mass is 777 g/mol. The number of benzene rings is 2. The van der Waals surface area contributed by atoms with Gasteiger partial charge in [0, 0.05) is 40.9 Å². The van der Waals surface area contributed by atoms with E-state index in [0.29, 0.717) is 25.4 Å². The number of likely N-dealkylation sites (tertiary alicyclic amines) is 1. The fourth-order valence-corrected chi connectivity index (χ4v) is 9.86. The van der Waals surface area contributed by atoms with Crippen molar-refractivity contribution >= 4 is 61.5 Å². The van der Waals surface area contributed by atoms with Gasteiger partial charge in [0.25, 0.3) is 0 Å². The summed E-state index contributed by atoms with van der Waals surface area (Å²) in [6.07, 6.45) is 8.68. The second-order valence-corrected chi connectivity index (χ2v) is 16.6. The van der Waals surface area contributed by atoms with Crippen molar-refractivity contribution in [2.45, 2.75) is 65.0 Å². The Morgan fingerprint density at radius 3 is 2.40 bits per heavy atom. The van der Waals surface area contributed by atoms with Crippen molar-refractivity contribution in [1.82, 2.24) is 35.5 Å². The summed E-state index contributed by atoms with van der Waals surface area (Å²) in [6.45, 7) is 9.35. The molecule has 286 valence electrons. The van der Waals surface area contributed by atoms with Gasteiger partial charge in [-0.3, -0.25) is 9.59 Å². The van der Waals surface area contributed by atoms with E-state index in [1.54, 1.807) is 22.7 Å². The molecule has 6 aromatic rings. The number of carbonyl (C=O) groups is 3. The number of fused-ring (bicyclic) bond motifs is 2. The molecule has 4 aromatic heterocycles. The van der Waals surface area contributed by atoms with Gasteiger partial charge in [-0.1, -0.05) is 70.2 Å². The van der Waals surface area contributed by atoms with Crippen molar-refractivity contribution in [3.8, 4) is 33.5 Å². The number of carbonyl (C=O) groups excluding carboxylic acids is 3. The molecule has 0 bridgehead atoms. The number of hydrogen-bond donors (Lipinski definition) is 4.